The number of anilines is 1. The zero-order valence-corrected chi connectivity index (χ0v) is 12.8. The molecule has 21 heavy (non-hydrogen) atoms. The zero-order chi connectivity index (χ0) is 14.8. The molecule has 3 unspecified atom stereocenters. The molecule has 0 amide bonds. The molecule has 1 aliphatic rings. The summed E-state index contributed by atoms with van der Waals surface area (Å²) in [6.45, 7) is 5.47. The van der Waals surface area contributed by atoms with Gasteiger partial charge in [0.05, 0.1) is 6.26 Å². The number of benzene rings is 1. The first-order chi connectivity index (χ1) is 10.2. The SMILES string of the molecule is CCC(N)C(c1ccco1)N1CC(C)Cc2ccccc21. The Balaban J connectivity index is 2.03. The van der Waals surface area contributed by atoms with Crippen molar-refractivity contribution in [3.05, 3.63) is 54.0 Å². The van der Waals surface area contributed by atoms with Crippen molar-refractivity contribution in [1.82, 2.24) is 0 Å². The second-order valence-electron chi connectivity index (χ2n) is 6.12. The Kier molecular flexibility index (Phi) is 4.02. The molecular formula is C18H24N2O. The Labute approximate surface area is 126 Å². The van der Waals surface area contributed by atoms with E-state index in [2.05, 4.69) is 43.0 Å². The van der Waals surface area contributed by atoms with Crippen molar-refractivity contribution in [2.75, 3.05) is 11.4 Å². The lowest BCUT2D eigenvalue weighted by Crippen LogP contribution is -2.45. The molecule has 0 saturated heterocycles. The Morgan fingerprint density at radius 1 is 1.29 bits per heavy atom. The third-order valence-electron chi connectivity index (χ3n) is 4.43. The normalized spacial score (nSPS) is 20.9. The van der Waals surface area contributed by atoms with Crippen LogP contribution in [0, 0.1) is 5.92 Å². The lowest BCUT2D eigenvalue weighted by Gasteiger charge is -2.41. The van der Waals surface area contributed by atoms with E-state index in [1.165, 1.54) is 11.3 Å². The van der Waals surface area contributed by atoms with Crippen LogP contribution in [0.25, 0.3) is 0 Å². The van der Waals surface area contributed by atoms with Crippen LogP contribution in [0.3, 0.4) is 0 Å². The molecule has 0 fully saturated rings. The lowest BCUT2D eigenvalue weighted by atomic mass is 9.90. The molecule has 0 saturated carbocycles. The maximum absolute atomic E-state index is 6.44. The van der Waals surface area contributed by atoms with E-state index in [4.69, 9.17) is 10.2 Å². The van der Waals surface area contributed by atoms with Gasteiger partial charge in [0, 0.05) is 18.3 Å². The standard InChI is InChI=1S/C18H24N2O/c1-3-15(19)18(17-9-6-10-21-17)20-12-13(2)11-14-7-4-5-8-16(14)20/h4-10,13,15,18H,3,11-12,19H2,1-2H3. The molecule has 2 N–H and O–H groups in total. The van der Waals surface area contributed by atoms with E-state index in [0.29, 0.717) is 5.92 Å². The van der Waals surface area contributed by atoms with Gasteiger partial charge in [0.1, 0.15) is 11.8 Å². The maximum atomic E-state index is 6.44. The molecule has 0 radical (unpaired) electrons. The first-order valence-corrected chi connectivity index (χ1v) is 7.84. The average Bonchev–Trinajstić information content (AvgIpc) is 3.01. The van der Waals surface area contributed by atoms with Gasteiger partial charge in [-0.3, -0.25) is 0 Å². The number of furan rings is 1. The number of fused-ring (bicyclic) bond motifs is 1. The van der Waals surface area contributed by atoms with Crippen LogP contribution in [0.2, 0.25) is 0 Å². The van der Waals surface area contributed by atoms with Crippen LogP contribution in [0.5, 0.6) is 0 Å². The predicted octanol–water partition coefficient (Wildman–Crippen LogP) is 3.76. The highest BCUT2D eigenvalue weighted by molar-refractivity contribution is 5.57. The second-order valence-corrected chi connectivity index (χ2v) is 6.12. The minimum Gasteiger partial charge on any atom is -0.467 e. The van der Waals surface area contributed by atoms with Gasteiger partial charge in [-0.1, -0.05) is 32.0 Å². The summed E-state index contributed by atoms with van der Waals surface area (Å²) in [4.78, 5) is 2.44. The molecule has 112 valence electrons. The van der Waals surface area contributed by atoms with Gasteiger partial charge in [-0.05, 0) is 42.5 Å². The minimum atomic E-state index is 0.0644. The highest BCUT2D eigenvalue weighted by Crippen LogP contribution is 2.37. The van der Waals surface area contributed by atoms with Crippen LogP contribution >= 0.6 is 0 Å². The van der Waals surface area contributed by atoms with E-state index in [0.717, 1.165) is 25.1 Å². The summed E-state index contributed by atoms with van der Waals surface area (Å²) in [5, 5.41) is 0. The highest BCUT2D eigenvalue weighted by atomic mass is 16.3. The fraction of sp³-hybridized carbons (Fsp3) is 0.444. The minimum absolute atomic E-state index is 0.0644. The van der Waals surface area contributed by atoms with Crippen LogP contribution in [-0.4, -0.2) is 12.6 Å². The van der Waals surface area contributed by atoms with Crippen molar-refractivity contribution >= 4 is 5.69 Å². The van der Waals surface area contributed by atoms with Crippen molar-refractivity contribution in [3.63, 3.8) is 0 Å². The molecule has 3 rings (SSSR count). The van der Waals surface area contributed by atoms with Gasteiger partial charge in [0.15, 0.2) is 0 Å². The smallest absolute Gasteiger partial charge is 0.127 e. The Morgan fingerprint density at radius 2 is 2.10 bits per heavy atom. The topological polar surface area (TPSA) is 42.4 Å². The molecule has 3 atom stereocenters. The molecular weight excluding hydrogens is 260 g/mol. The molecule has 0 aliphatic carbocycles. The lowest BCUT2D eigenvalue weighted by molar-refractivity contribution is 0.372. The van der Waals surface area contributed by atoms with Crippen LogP contribution < -0.4 is 10.6 Å². The van der Waals surface area contributed by atoms with E-state index in [9.17, 15) is 0 Å². The van der Waals surface area contributed by atoms with E-state index in [1.54, 1.807) is 6.26 Å². The number of hydrogen-bond acceptors (Lipinski definition) is 3. The summed E-state index contributed by atoms with van der Waals surface area (Å²) >= 11 is 0. The Hall–Kier alpha value is -1.74. The molecule has 0 spiro atoms. The van der Waals surface area contributed by atoms with Gasteiger partial charge >= 0.3 is 0 Å². The molecule has 1 aliphatic heterocycles. The van der Waals surface area contributed by atoms with Crippen LogP contribution in [0.4, 0.5) is 5.69 Å². The first kappa shape index (κ1) is 14.2. The largest absolute Gasteiger partial charge is 0.467 e. The summed E-state index contributed by atoms with van der Waals surface area (Å²) in [7, 11) is 0. The average molecular weight is 284 g/mol. The van der Waals surface area contributed by atoms with Crippen molar-refractivity contribution in [2.24, 2.45) is 11.7 Å². The maximum Gasteiger partial charge on any atom is 0.127 e. The molecule has 3 heteroatoms. The van der Waals surface area contributed by atoms with Crippen LogP contribution in [0.1, 0.15) is 37.6 Å². The number of rotatable bonds is 4. The summed E-state index contributed by atoms with van der Waals surface area (Å²) in [6.07, 6.45) is 3.81. The van der Waals surface area contributed by atoms with Gasteiger partial charge in [0.25, 0.3) is 0 Å². The van der Waals surface area contributed by atoms with E-state index in [1.807, 2.05) is 12.1 Å². The predicted molar refractivity (Wildman–Crippen MR) is 86.4 cm³/mol. The second kappa shape index (κ2) is 5.94. The van der Waals surface area contributed by atoms with Gasteiger partial charge in [-0.15, -0.1) is 0 Å². The van der Waals surface area contributed by atoms with E-state index in [-0.39, 0.29) is 12.1 Å². The summed E-state index contributed by atoms with van der Waals surface area (Å²) < 4.78 is 5.70. The van der Waals surface area contributed by atoms with Gasteiger partial charge in [0.2, 0.25) is 0 Å². The quantitative estimate of drug-likeness (QED) is 0.929. The Bertz CT molecular complexity index is 579. The summed E-state index contributed by atoms with van der Waals surface area (Å²) in [6, 6.07) is 12.8. The molecule has 1 aromatic heterocycles. The van der Waals surface area contributed by atoms with Crippen molar-refractivity contribution in [1.29, 1.82) is 0 Å². The van der Waals surface area contributed by atoms with Crippen molar-refractivity contribution in [3.8, 4) is 0 Å². The van der Waals surface area contributed by atoms with E-state index < -0.39 is 0 Å². The van der Waals surface area contributed by atoms with Gasteiger partial charge in [-0.2, -0.15) is 0 Å². The van der Waals surface area contributed by atoms with Gasteiger partial charge in [-0.25, -0.2) is 0 Å². The highest BCUT2D eigenvalue weighted by Gasteiger charge is 2.32. The molecule has 1 aromatic carbocycles. The molecule has 2 heterocycles. The molecule has 2 aromatic rings. The van der Waals surface area contributed by atoms with Gasteiger partial charge < -0.3 is 15.1 Å². The van der Waals surface area contributed by atoms with E-state index >= 15 is 0 Å². The van der Waals surface area contributed by atoms with Crippen molar-refractivity contribution < 1.29 is 4.42 Å². The Morgan fingerprint density at radius 3 is 2.81 bits per heavy atom. The summed E-state index contributed by atoms with van der Waals surface area (Å²) in [5.74, 6) is 1.59. The number of nitrogens with two attached hydrogens (primary N) is 1. The first-order valence-electron chi connectivity index (χ1n) is 7.84. The zero-order valence-electron chi connectivity index (χ0n) is 12.8. The number of hydrogen-bond donors (Lipinski definition) is 1. The third kappa shape index (κ3) is 2.70. The molecule has 0 bridgehead atoms. The monoisotopic (exact) mass is 284 g/mol. The number of para-hydroxylation sites is 1. The van der Waals surface area contributed by atoms with Crippen LogP contribution in [-0.2, 0) is 6.42 Å². The summed E-state index contributed by atoms with van der Waals surface area (Å²) in [5.41, 5.74) is 9.16. The fourth-order valence-corrected chi connectivity index (χ4v) is 3.38. The molecule has 3 nitrogen and oxygen atoms in total. The third-order valence-corrected chi connectivity index (χ3v) is 4.43. The van der Waals surface area contributed by atoms with Crippen molar-refractivity contribution in [2.45, 2.75) is 38.8 Å². The van der Waals surface area contributed by atoms with Crippen LogP contribution in [0.15, 0.2) is 47.1 Å². The fourth-order valence-electron chi connectivity index (χ4n) is 3.38. The number of nitrogens with zero attached hydrogens (tertiary/aromatic N) is 1.